The van der Waals surface area contributed by atoms with E-state index in [4.69, 9.17) is 10.5 Å². The third-order valence-electron chi connectivity index (χ3n) is 3.82. The zero-order valence-electron chi connectivity index (χ0n) is 11.8. The number of nitrogens with two attached hydrogens (primary N) is 1. The highest BCUT2D eigenvalue weighted by Gasteiger charge is 2.35. The van der Waals surface area contributed by atoms with Crippen molar-refractivity contribution in [2.45, 2.75) is 38.1 Å². The summed E-state index contributed by atoms with van der Waals surface area (Å²) >= 11 is 0. The van der Waals surface area contributed by atoms with E-state index in [9.17, 15) is 9.90 Å². The molecule has 4 N–H and O–H groups in total. The predicted molar refractivity (Wildman–Crippen MR) is 77.8 cm³/mol. The monoisotopic (exact) mass is 278 g/mol. The number of anilines is 1. The van der Waals surface area contributed by atoms with Gasteiger partial charge in [-0.05, 0) is 31.9 Å². The zero-order chi connectivity index (χ0) is 14.6. The second-order valence-electron chi connectivity index (χ2n) is 5.26. The largest absolute Gasteiger partial charge is 0.491 e. The molecule has 0 aliphatic heterocycles. The fourth-order valence-electron chi connectivity index (χ4n) is 2.72. The van der Waals surface area contributed by atoms with Gasteiger partial charge in [0.05, 0.1) is 30.0 Å². The lowest BCUT2D eigenvalue weighted by atomic mass is 9.98. The molecule has 1 aliphatic carbocycles. The van der Waals surface area contributed by atoms with Crippen LogP contribution in [0.4, 0.5) is 5.69 Å². The molecule has 0 bridgehead atoms. The molecule has 110 valence electrons. The van der Waals surface area contributed by atoms with Crippen molar-refractivity contribution in [1.29, 1.82) is 0 Å². The predicted octanol–water partition coefficient (Wildman–Crippen LogP) is 1.70. The number of rotatable bonds is 5. The number of nitrogens with one attached hydrogen (secondary N) is 1. The maximum Gasteiger partial charge on any atom is 0.255 e. The standard InChI is InChI=1S/C15H22N2O3/c1-2-20-13-11(6-5-7-12(13)16)14(19)17-15(10-18)8-3-4-9-15/h5-7,18H,2-4,8-10,16H2,1H3,(H,17,19). The molecule has 0 aromatic heterocycles. The number of nitrogen functional groups attached to an aromatic ring is 1. The van der Waals surface area contributed by atoms with Crippen molar-refractivity contribution in [2.75, 3.05) is 18.9 Å². The summed E-state index contributed by atoms with van der Waals surface area (Å²) in [5, 5.41) is 12.5. The molecule has 1 aromatic rings. The van der Waals surface area contributed by atoms with E-state index in [1.165, 1.54) is 0 Å². The van der Waals surface area contributed by atoms with E-state index in [1.54, 1.807) is 18.2 Å². The molecule has 0 atom stereocenters. The summed E-state index contributed by atoms with van der Waals surface area (Å²) in [6, 6.07) is 5.13. The van der Waals surface area contributed by atoms with Gasteiger partial charge in [0.2, 0.25) is 0 Å². The summed E-state index contributed by atoms with van der Waals surface area (Å²) in [6.07, 6.45) is 3.66. The van der Waals surface area contributed by atoms with Crippen molar-refractivity contribution in [3.8, 4) is 5.75 Å². The number of ether oxygens (including phenoxy) is 1. The van der Waals surface area contributed by atoms with Crippen molar-refractivity contribution in [3.05, 3.63) is 23.8 Å². The Balaban J connectivity index is 2.22. The highest BCUT2D eigenvalue weighted by Crippen LogP contribution is 2.31. The van der Waals surface area contributed by atoms with Crippen molar-refractivity contribution in [3.63, 3.8) is 0 Å². The molecule has 0 spiro atoms. The summed E-state index contributed by atoms with van der Waals surface area (Å²) in [5.74, 6) is 0.176. The van der Waals surface area contributed by atoms with Gasteiger partial charge in [-0.25, -0.2) is 0 Å². The summed E-state index contributed by atoms with van der Waals surface area (Å²) in [7, 11) is 0. The third-order valence-corrected chi connectivity index (χ3v) is 3.82. The minimum atomic E-state index is -0.495. The minimum absolute atomic E-state index is 0.0367. The zero-order valence-corrected chi connectivity index (χ0v) is 11.8. The maximum absolute atomic E-state index is 12.5. The van der Waals surface area contributed by atoms with E-state index in [0.717, 1.165) is 25.7 Å². The van der Waals surface area contributed by atoms with Crippen LogP contribution < -0.4 is 15.8 Å². The molecule has 1 saturated carbocycles. The Kier molecular flexibility index (Phi) is 4.49. The van der Waals surface area contributed by atoms with Gasteiger partial charge in [0.1, 0.15) is 0 Å². The average Bonchev–Trinajstić information content (AvgIpc) is 2.90. The van der Waals surface area contributed by atoms with Gasteiger partial charge in [-0.15, -0.1) is 0 Å². The molecule has 5 nitrogen and oxygen atoms in total. The normalized spacial score (nSPS) is 16.9. The molecular formula is C15H22N2O3. The number of aliphatic hydroxyl groups is 1. The lowest BCUT2D eigenvalue weighted by molar-refractivity contribution is 0.0835. The summed E-state index contributed by atoms with van der Waals surface area (Å²) < 4.78 is 5.47. The van der Waals surface area contributed by atoms with Crippen LogP contribution in [-0.2, 0) is 0 Å². The molecule has 1 fully saturated rings. The lowest BCUT2D eigenvalue weighted by Crippen LogP contribution is -2.49. The number of hydrogen-bond donors (Lipinski definition) is 3. The number of amides is 1. The second kappa shape index (κ2) is 6.13. The van der Waals surface area contributed by atoms with Crippen LogP contribution in [0, 0.1) is 0 Å². The topological polar surface area (TPSA) is 84.6 Å². The first-order valence-electron chi connectivity index (χ1n) is 7.06. The molecule has 1 aliphatic rings. The number of para-hydroxylation sites is 1. The number of carbonyl (C=O) groups is 1. The quantitative estimate of drug-likeness (QED) is 0.716. The maximum atomic E-state index is 12.5. The fraction of sp³-hybridized carbons (Fsp3) is 0.533. The Bertz CT molecular complexity index is 482. The fourth-order valence-corrected chi connectivity index (χ4v) is 2.72. The molecule has 0 radical (unpaired) electrons. The average molecular weight is 278 g/mol. The molecule has 1 aromatic carbocycles. The second-order valence-corrected chi connectivity index (χ2v) is 5.26. The van der Waals surface area contributed by atoms with Crippen LogP contribution in [-0.4, -0.2) is 29.8 Å². The molecule has 5 heteroatoms. The van der Waals surface area contributed by atoms with Gasteiger partial charge in [0, 0.05) is 0 Å². The molecule has 0 heterocycles. The summed E-state index contributed by atoms with van der Waals surface area (Å²) in [6.45, 7) is 2.25. The molecule has 0 unspecified atom stereocenters. The van der Waals surface area contributed by atoms with Gasteiger partial charge in [0.25, 0.3) is 5.91 Å². The first kappa shape index (κ1) is 14.7. The molecular weight excluding hydrogens is 256 g/mol. The van der Waals surface area contributed by atoms with E-state index in [2.05, 4.69) is 5.32 Å². The van der Waals surface area contributed by atoms with Gasteiger partial charge < -0.3 is 20.9 Å². The van der Waals surface area contributed by atoms with Crippen molar-refractivity contribution >= 4 is 11.6 Å². The van der Waals surface area contributed by atoms with Gasteiger partial charge in [-0.2, -0.15) is 0 Å². The van der Waals surface area contributed by atoms with E-state index in [1.807, 2.05) is 6.92 Å². The highest BCUT2D eigenvalue weighted by atomic mass is 16.5. The molecule has 1 amide bonds. The van der Waals surface area contributed by atoms with Crippen molar-refractivity contribution in [1.82, 2.24) is 5.32 Å². The van der Waals surface area contributed by atoms with Crippen LogP contribution >= 0.6 is 0 Å². The Morgan fingerprint density at radius 3 is 2.75 bits per heavy atom. The first-order valence-corrected chi connectivity index (χ1v) is 7.06. The van der Waals surface area contributed by atoms with Crippen molar-refractivity contribution in [2.24, 2.45) is 0 Å². The Morgan fingerprint density at radius 2 is 2.15 bits per heavy atom. The van der Waals surface area contributed by atoms with Gasteiger partial charge in [-0.1, -0.05) is 18.9 Å². The highest BCUT2D eigenvalue weighted by molar-refractivity contribution is 5.99. The SMILES string of the molecule is CCOc1c(N)cccc1C(=O)NC1(CO)CCCC1. The Hall–Kier alpha value is -1.75. The molecule has 2 rings (SSSR count). The lowest BCUT2D eigenvalue weighted by Gasteiger charge is -2.28. The number of benzene rings is 1. The number of hydrogen-bond acceptors (Lipinski definition) is 4. The van der Waals surface area contributed by atoms with Crippen molar-refractivity contribution < 1.29 is 14.6 Å². The van der Waals surface area contributed by atoms with Crippen LogP contribution in [0.2, 0.25) is 0 Å². The molecule has 0 saturated heterocycles. The molecule has 20 heavy (non-hydrogen) atoms. The summed E-state index contributed by atoms with van der Waals surface area (Å²) in [5.41, 5.74) is 6.24. The third kappa shape index (κ3) is 2.88. The first-order chi connectivity index (χ1) is 9.62. The van der Waals surface area contributed by atoms with Crippen LogP contribution in [0.15, 0.2) is 18.2 Å². The number of carbonyl (C=O) groups excluding carboxylic acids is 1. The van der Waals surface area contributed by atoms with E-state index in [0.29, 0.717) is 23.6 Å². The van der Waals surface area contributed by atoms with Crippen LogP contribution in [0.3, 0.4) is 0 Å². The smallest absolute Gasteiger partial charge is 0.255 e. The van der Waals surface area contributed by atoms with Gasteiger partial charge in [-0.3, -0.25) is 4.79 Å². The Labute approximate surface area is 119 Å². The van der Waals surface area contributed by atoms with Crippen LogP contribution in [0.5, 0.6) is 5.75 Å². The van der Waals surface area contributed by atoms with Crippen LogP contribution in [0.25, 0.3) is 0 Å². The van der Waals surface area contributed by atoms with Gasteiger partial charge >= 0.3 is 0 Å². The van der Waals surface area contributed by atoms with E-state index < -0.39 is 5.54 Å². The van der Waals surface area contributed by atoms with Gasteiger partial charge in [0.15, 0.2) is 5.75 Å². The summed E-state index contributed by atoms with van der Waals surface area (Å²) in [4.78, 5) is 12.5. The van der Waals surface area contributed by atoms with Crippen LogP contribution in [0.1, 0.15) is 43.0 Å². The minimum Gasteiger partial charge on any atom is -0.491 e. The van der Waals surface area contributed by atoms with E-state index in [-0.39, 0.29) is 12.5 Å². The number of aliphatic hydroxyl groups excluding tert-OH is 1. The Morgan fingerprint density at radius 1 is 1.45 bits per heavy atom. The van der Waals surface area contributed by atoms with E-state index >= 15 is 0 Å².